The molecule has 0 aliphatic heterocycles. The van der Waals surface area contributed by atoms with Gasteiger partial charge >= 0.3 is 0 Å². The molecule has 1 N–H and O–H groups in total. The first-order chi connectivity index (χ1) is 13.5. The Labute approximate surface area is 166 Å². The highest BCUT2D eigenvalue weighted by Gasteiger charge is 2.20. The van der Waals surface area contributed by atoms with E-state index >= 15 is 0 Å². The summed E-state index contributed by atoms with van der Waals surface area (Å²) in [6.45, 7) is 11.2. The molecule has 0 saturated carbocycles. The summed E-state index contributed by atoms with van der Waals surface area (Å²) in [5, 5.41) is 4.17. The summed E-state index contributed by atoms with van der Waals surface area (Å²) in [6, 6.07) is 14.2. The smallest absolute Gasteiger partial charge is 0.268 e. The van der Waals surface area contributed by atoms with Crippen molar-refractivity contribution in [1.29, 1.82) is 0 Å². The molecular formula is C24H28N2O2. The normalized spacial score (nSPS) is 11.0. The molecule has 0 radical (unpaired) electrons. The van der Waals surface area contributed by atoms with Gasteiger partial charge < -0.3 is 14.6 Å². The van der Waals surface area contributed by atoms with Crippen LogP contribution in [0.25, 0.3) is 10.9 Å². The summed E-state index contributed by atoms with van der Waals surface area (Å²) < 4.78 is 7.42. The van der Waals surface area contributed by atoms with E-state index in [9.17, 15) is 4.79 Å². The first-order valence-corrected chi connectivity index (χ1v) is 9.61. The number of allylic oxidation sites excluding steroid dienone is 1. The third-order valence-corrected chi connectivity index (χ3v) is 5.17. The number of nitrogens with one attached hydrogen (secondary N) is 1. The van der Waals surface area contributed by atoms with Gasteiger partial charge in [0.15, 0.2) is 0 Å². The number of hydrogen-bond donors (Lipinski definition) is 1. The highest BCUT2D eigenvalue weighted by molar-refractivity contribution is 6.01. The lowest BCUT2D eigenvalue weighted by atomic mass is 10.0. The molecule has 0 spiro atoms. The maximum Gasteiger partial charge on any atom is 0.268 e. The number of aromatic nitrogens is 1. The number of ether oxygens (including phenoxy) is 1. The first-order valence-electron chi connectivity index (χ1n) is 9.61. The zero-order valence-electron chi connectivity index (χ0n) is 17.1. The molecular weight excluding hydrogens is 348 g/mol. The third kappa shape index (κ3) is 3.68. The van der Waals surface area contributed by atoms with Gasteiger partial charge in [0.2, 0.25) is 0 Å². The fourth-order valence-corrected chi connectivity index (χ4v) is 3.62. The Morgan fingerprint density at radius 2 is 2.00 bits per heavy atom. The van der Waals surface area contributed by atoms with Crippen LogP contribution in [0.5, 0.6) is 5.75 Å². The zero-order chi connectivity index (χ0) is 20.3. The van der Waals surface area contributed by atoms with Crippen molar-refractivity contribution in [3.8, 4) is 5.75 Å². The number of methoxy groups -OCH3 is 1. The second-order valence-electron chi connectivity index (χ2n) is 7.30. The Kier molecular flexibility index (Phi) is 5.88. The summed E-state index contributed by atoms with van der Waals surface area (Å²) in [7, 11) is 1.64. The number of hydrogen-bond acceptors (Lipinski definition) is 2. The molecule has 28 heavy (non-hydrogen) atoms. The van der Waals surface area contributed by atoms with Crippen LogP contribution in [0.3, 0.4) is 0 Å². The predicted octanol–water partition coefficient (Wildman–Crippen LogP) is 5.20. The molecule has 3 aromatic rings. The molecule has 1 heterocycles. The van der Waals surface area contributed by atoms with E-state index in [0.717, 1.165) is 27.8 Å². The quantitative estimate of drug-likeness (QED) is 0.576. The van der Waals surface area contributed by atoms with E-state index in [2.05, 4.69) is 43.9 Å². The van der Waals surface area contributed by atoms with Crippen LogP contribution >= 0.6 is 0 Å². The zero-order valence-corrected chi connectivity index (χ0v) is 17.1. The second-order valence-corrected chi connectivity index (χ2v) is 7.30. The summed E-state index contributed by atoms with van der Waals surface area (Å²) in [6.07, 6.45) is 1.83. The van der Waals surface area contributed by atoms with Crippen molar-refractivity contribution in [2.45, 2.75) is 39.8 Å². The highest BCUT2D eigenvalue weighted by atomic mass is 16.5. The van der Waals surface area contributed by atoms with Gasteiger partial charge in [0.05, 0.1) is 7.11 Å². The molecule has 0 fully saturated rings. The summed E-state index contributed by atoms with van der Waals surface area (Å²) in [5.74, 6) is 1.12. The van der Waals surface area contributed by atoms with E-state index < -0.39 is 0 Å². The van der Waals surface area contributed by atoms with Crippen LogP contribution in [0, 0.1) is 6.92 Å². The third-order valence-electron chi connectivity index (χ3n) is 5.17. The van der Waals surface area contributed by atoms with Crippen LogP contribution in [-0.4, -0.2) is 17.6 Å². The van der Waals surface area contributed by atoms with Crippen LogP contribution < -0.4 is 10.1 Å². The van der Waals surface area contributed by atoms with Crippen LogP contribution in [0.2, 0.25) is 0 Å². The van der Waals surface area contributed by atoms with Crippen LogP contribution in [-0.2, 0) is 13.1 Å². The van der Waals surface area contributed by atoms with Gasteiger partial charge in [-0.2, -0.15) is 0 Å². The van der Waals surface area contributed by atoms with Crippen molar-refractivity contribution in [1.82, 2.24) is 9.88 Å². The molecule has 1 amide bonds. The van der Waals surface area contributed by atoms with Crippen molar-refractivity contribution < 1.29 is 9.53 Å². The Morgan fingerprint density at radius 3 is 2.68 bits per heavy atom. The SMILES string of the molecule is C=CCn1c(C(=O)NCc2ccccc2OC)c(C)c2cc(C(C)C)ccc21. The molecule has 146 valence electrons. The maximum absolute atomic E-state index is 13.1. The Bertz CT molecular complexity index is 1010. The average Bonchev–Trinajstić information content (AvgIpc) is 2.98. The Balaban J connectivity index is 1.98. The number of amides is 1. The lowest BCUT2D eigenvalue weighted by Crippen LogP contribution is -2.26. The fourth-order valence-electron chi connectivity index (χ4n) is 3.62. The number of para-hydroxylation sites is 1. The molecule has 0 saturated heterocycles. The topological polar surface area (TPSA) is 43.3 Å². The number of carbonyl (C=O) groups excluding carboxylic acids is 1. The summed E-state index contributed by atoms with van der Waals surface area (Å²) in [5.41, 5.74) is 4.96. The van der Waals surface area contributed by atoms with Crippen molar-refractivity contribution in [3.63, 3.8) is 0 Å². The minimum absolute atomic E-state index is 0.0902. The van der Waals surface area contributed by atoms with Gasteiger partial charge in [-0.3, -0.25) is 4.79 Å². The van der Waals surface area contributed by atoms with Gasteiger partial charge in [-0.1, -0.05) is 44.2 Å². The molecule has 0 aliphatic carbocycles. The van der Waals surface area contributed by atoms with Crippen molar-refractivity contribution in [2.75, 3.05) is 7.11 Å². The highest BCUT2D eigenvalue weighted by Crippen LogP contribution is 2.29. The van der Waals surface area contributed by atoms with Gasteiger partial charge in [-0.25, -0.2) is 0 Å². The van der Waals surface area contributed by atoms with Crippen LogP contribution in [0.4, 0.5) is 0 Å². The number of carbonyl (C=O) groups is 1. The molecule has 0 aliphatic rings. The minimum Gasteiger partial charge on any atom is -0.496 e. The molecule has 0 atom stereocenters. The van der Waals surface area contributed by atoms with Crippen molar-refractivity contribution >= 4 is 16.8 Å². The Morgan fingerprint density at radius 1 is 1.25 bits per heavy atom. The fraction of sp³-hybridized carbons (Fsp3) is 0.292. The number of nitrogens with zero attached hydrogens (tertiary/aromatic N) is 1. The number of aryl methyl sites for hydroxylation is 1. The lowest BCUT2D eigenvalue weighted by molar-refractivity contribution is 0.0941. The predicted molar refractivity (Wildman–Crippen MR) is 115 cm³/mol. The summed E-state index contributed by atoms with van der Waals surface area (Å²) in [4.78, 5) is 13.1. The van der Waals surface area contributed by atoms with Crippen LogP contribution in [0.15, 0.2) is 55.1 Å². The van der Waals surface area contributed by atoms with E-state index in [0.29, 0.717) is 24.7 Å². The molecule has 2 aromatic carbocycles. The van der Waals surface area contributed by atoms with Gasteiger partial charge in [-0.15, -0.1) is 6.58 Å². The van der Waals surface area contributed by atoms with Crippen molar-refractivity contribution in [3.05, 3.63) is 77.5 Å². The van der Waals surface area contributed by atoms with Gasteiger partial charge in [0.1, 0.15) is 11.4 Å². The standard InChI is InChI=1S/C24H28N2O2/c1-6-13-26-21-12-11-18(16(2)3)14-20(21)17(4)23(26)24(27)25-15-19-9-7-8-10-22(19)28-5/h6-12,14,16H,1,13,15H2,2-5H3,(H,25,27). The van der Waals surface area contributed by atoms with Crippen molar-refractivity contribution in [2.24, 2.45) is 0 Å². The first kappa shape index (κ1) is 19.7. The van der Waals surface area contributed by atoms with E-state index in [1.165, 1.54) is 5.56 Å². The van der Waals surface area contributed by atoms with E-state index in [1.807, 2.05) is 41.8 Å². The number of fused-ring (bicyclic) bond motifs is 1. The number of rotatable bonds is 7. The average molecular weight is 377 g/mol. The Hall–Kier alpha value is -3.01. The molecule has 4 nitrogen and oxygen atoms in total. The summed E-state index contributed by atoms with van der Waals surface area (Å²) >= 11 is 0. The molecule has 3 rings (SSSR count). The lowest BCUT2D eigenvalue weighted by Gasteiger charge is -2.12. The molecule has 1 aromatic heterocycles. The van der Waals surface area contributed by atoms with E-state index in [-0.39, 0.29) is 5.91 Å². The minimum atomic E-state index is -0.0902. The maximum atomic E-state index is 13.1. The molecule has 0 unspecified atom stereocenters. The second kappa shape index (κ2) is 8.34. The van der Waals surface area contributed by atoms with E-state index in [4.69, 9.17) is 4.74 Å². The molecule has 4 heteroatoms. The van der Waals surface area contributed by atoms with Gasteiger partial charge in [0, 0.05) is 29.6 Å². The largest absolute Gasteiger partial charge is 0.496 e. The van der Waals surface area contributed by atoms with Gasteiger partial charge in [0.25, 0.3) is 5.91 Å². The monoisotopic (exact) mass is 376 g/mol. The number of benzene rings is 2. The van der Waals surface area contributed by atoms with E-state index in [1.54, 1.807) is 7.11 Å². The van der Waals surface area contributed by atoms with Crippen LogP contribution in [0.1, 0.15) is 46.9 Å². The molecule has 0 bridgehead atoms. The van der Waals surface area contributed by atoms with Gasteiger partial charge in [-0.05, 0) is 42.2 Å².